The van der Waals surface area contributed by atoms with Crippen LogP contribution in [0.15, 0.2) is 35.3 Å². The molecule has 0 saturated carbocycles. The first-order chi connectivity index (χ1) is 16.1. The summed E-state index contributed by atoms with van der Waals surface area (Å²) in [6, 6.07) is 0. The number of nitrogens with two attached hydrogens (primary N) is 1. The summed E-state index contributed by atoms with van der Waals surface area (Å²) in [5.41, 5.74) is 7.79. The number of piperazine rings is 1. The number of fused-ring (bicyclic) bond motifs is 3. The molecular formula is C22H26F3N5O3S. The van der Waals surface area contributed by atoms with E-state index in [1.54, 1.807) is 0 Å². The maximum Gasteiger partial charge on any atom is 0.428 e. The number of carbonyl (C=O) groups is 1. The Bertz CT molecular complexity index is 1060. The van der Waals surface area contributed by atoms with Gasteiger partial charge in [-0.1, -0.05) is 13.0 Å². The average Bonchev–Trinajstić information content (AvgIpc) is 3.13. The van der Waals surface area contributed by atoms with Crippen LogP contribution in [0, 0.1) is 11.3 Å². The van der Waals surface area contributed by atoms with Gasteiger partial charge in [0.15, 0.2) is 5.01 Å². The maximum absolute atomic E-state index is 13.1. The molecular weight excluding hydrogens is 471 g/mol. The monoisotopic (exact) mass is 497 g/mol. The minimum absolute atomic E-state index is 0.0146. The smallest absolute Gasteiger partial charge is 0.428 e. The molecule has 1 aliphatic carbocycles. The second kappa shape index (κ2) is 9.51. The first-order valence-electron chi connectivity index (χ1n) is 10.9. The van der Waals surface area contributed by atoms with E-state index in [1.165, 1.54) is 28.7 Å². The van der Waals surface area contributed by atoms with E-state index in [-0.39, 0.29) is 43.9 Å². The molecule has 184 valence electrons. The number of nitrogens with zero attached hydrogens (tertiary/aromatic N) is 3. The first kappa shape index (κ1) is 24.4. The van der Waals surface area contributed by atoms with Gasteiger partial charge in [-0.05, 0) is 17.6 Å². The van der Waals surface area contributed by atoms with Crippen LogP contribution >= 0.6 is 11.3 Å². The number of alkyl halides is 3. The predicted molar refractivity (Wildman–Crippen MR) is 120 cm³/mol. The summed E-state index contributed by atoms with van der Waals surface area (Å²) in [7, 11) is 0. The number of carbonyl (C=O) groups excluding carboxylic acids is 1. The Labute approximate surface area is 198 Å². The third kappa shape index (κ3) is 4.62. The van der Waals surface area contributed by atoms with Crippen molar-refractivity contribution in [3.8, 4) is 0 Å². The second-order valence-electron chi connectivity index (χ2n) is 8.44. The van der Waals surface area contributed by atoms with Crippen LogP contribution in [0.25, 0.3) is 0 Å². The van der Waals surface area contributed by atoms with Crippen molar-refractivity contribution in [1.29, 1.82) is 5.41 Å². The SMILES string of the molecule is CC1C=C(C(C=N)=CN)C=C2OCCc3sc(C(=O)N4CCN(C(O)C(F)(F)F)CC4)nc3C21. The molecule has 2 aliphatic heterocycles. The van der Waals surface area contributed by atoms with E-state index < -0.39 is 12.4 Å². The number of nitrogens with one attached hydrogen (secondary N) is 1. The average molecular weight is 498 g/mol. The summed E-state index contributed by atoms with van der Waals surface area (Å²) >= 11 is 1.29. The number of hydrogen-bond donors (Lipinski definition) is 3. The van der Waals surface area contributed by atoms with E-state index >= 15 is 0 Å². The Hall–Kier alpha value is -2.70. The van der Waals surface area contributed by atoms with Crippen LogP contribution in [0.3, 0.4) is 0 Å². The molecule has 1 fully saturated rings. The van der Waals surface area contributed by atoms with E-state index in [0.717, 1.165) is 21.0 Å². The van der Waals surface area contributed by atoms with Crippen LogP contribution < -0.4 is 5.73 Å². The van der Waals surface area contributed by atoms with Gasteiger partial charge >= 0.3 is 6.18 Å². The molecule has 1 aromatic heterocycles. The van der Waals surface area contributed by atoms with Crippen molar-refractivity contribution in [2.45, 2.75) is 31.7 Å². The molecule has 1 aromatic rings. The van der Waals surface area contributed by atoms with Gasteiger partial charge < -0.3 is 25.9 Å². The highest BCUT2D eigenvalue weighted by Crippen LogP contribution is 2.43. The van der Waals surface area contributed by atoms with Crippen molar-refractivity contribution in [3.63, 3.8) is 0 Å². The quantitative estimate of drug-likeness (QED) is 0.551. The minimum atomic E-state index is -4.73. The number of ether oxygens (including phenoxy) is 1. The topological polar surface area (TPSA) is 116 Å². The fraction of sp³-hybridized carbons (Fsp3) is 0.500. The van der Waals surface area contributed by atoms with Gasteiger partial charge in [-0.3, -0.25) is 9.69 Å². The van der Waals surface area contributed by atoms with Crippen molar-refractivity contribution >= 4 is 23.5 Å². The number of halogens is 3. The van der Waals surface area contributed by atoms with Crippen molar-refractivity contribution in [3.05, 3.63) is 50.8 Å². The lowest BCUT2D eigenvalue weighted by atomic mass is 9.81. The second-order valence-corrected chi connectivity index (χ2v) is 9.52. The van der Waals surface area contributed by atoms with Gasteiger partial charge in [0.25, 0.3) is 5.91 Å². The van der Waals surface area contributed by atoms with E-state index in [9.17, 15) is 23.1 Å². The van der Waals surface area contributed by atoms with Crippen molar-refractivity contribution in [2.75, 3.05) is 32.8 Å². The molecule has 4 rings (SSSR count). The molecule has 4 N–H and O–H groups in total. The summed E-state index contributed by atoms with van der Waals surface area (Å²) in [6.45, 7) is 2.44. The lowest BCUT2D eigenvalue weighted by Gasteiger charge is -2.37. The Kier molecular flexibility index (Phi) is 6.83. The van der Waals surface area contributed by atoms with Crippen LogP contribution in [-0.2, 0) is 11.2 Å². The number of aromatic nitrogens is 1. The van der Waals surface area contributed by atoms with Gasteiger partial charge in [0, 0.05) is 55.5 Å². The van der Waals surface area contributed by atoms with Gasteiger partial charge in [-0.15, -0.1) is 11.3 Å². The number of rotatable bonds is 4. The number of thiazole rings is 1. The summed E-state index contributed by atoms with van der Waals surface area (Å²) in [6.07, 6.45) is -0.247. The highest BCUT2D eigenvalue weighted by molar-refractivity contribution is 7.13. The summed E-state index contributed by atoms with van der Waals surface area (Å²) < 4.78 is 44.3. The lowest BCUT2D eigenvalue weighted by molar-refractivity contribution is -0.252. The predicted octanol–water partition coefficient (Wildman–Crippen LogP) is 2.39. The molecule has 0 radical (unpaired) electrons. The zero-order valence-electron chi connectivity index (χ0n) is 18.5. The van der Waals surface area contributed by atoms with Crippen LogP contribution in [0.5, 0.6) is 0 Å². The van der Waals surface area contributed by atoms with E-state index in [0.29, 0.717) is 29.4 Å². The molecule has 12 heteroatoms. The normalized spacial score (nSPS) is 24.7. The fourth-order valence-corrected chi connectivity index (χ4v) is 5.56. The Balaban J connectivity index is 1.52. The van der Waals surface area contributed by atoms with Gasteiger partial charge in [0.05, 0.1) is 18.2 Å². The summed E-state index contributed by atoms with van der Waals surface area (Å²) in [5, 5.41) is 17.3. The van der Waals surface area contributed by atoms with E-state index in [2.05, 4.69) is 4.98 Å². The van der Waals surface area contributed by atoms with Crippen LogP contribution in [0.4, 0.5) is 13.2 Å². The molecule has 3 unspecified atom stereocenters. The molecule has 3 atom stereocenters. The number of allylic oxidation sites excluding steroid dienone is 5. The first-order valence-corrected chi connectivity index (χ1v) is 11.7. The van der Waals surface area contributed by atoms with Crippen molar-refractivity contribution in [2.24, 2.45) is 11.7 Å². The number of amides is 1. The maximum atomic E-state index is 13.1. The molecule has 0 spiro atoms. The fourth-order valence-electron chi connectivity index (χ4n) is 4.50. The summed E-state index contributed by atoms with van der Waals surface area (Å²) in [4.78, 5) is 21.1. The van der Waals surface area contributed by atoms with Crippen molar-refractivity contribution < 1.29 is 27.8 Å². The largest absolute Gasteiger partial charge is 0.497 e. The third-order valence-corrected chi connectivity index (χ3v) is 7.40. The molecule has 34 heavy (non-hydrogen) atoms. The van der Waals surface area contributed by atoms with Gasteiger partial charge in [-0.2, -0.15) is 13.2 Å². The van der Waals surface area contributed by atoms with Crippen LogP contribution in [0.1, 0.15) is 33.2 Å². The molecule has 3 heterocycles. The number of aliphatic hydroxyl groups excluding tert-OH is 1. The number of aliphatic hydroxyl groups is 1. The molecule has 0 bridgehead atoms. The highest BCUT2D eigenvalue weighted by Gasteiger charge is 2.44. The molecule has 8 nitrogen and oxygen atoms in total. The Morgan fingerprint density at radius 1 is 1.38 bits per heavy atom. The molecule has 0 aromatic carbocycles. The number of hydrogen-bond acceptors (Lipinski definition) is 8. The molecule has 1 saturated heterocycles. The highest BCUT2D eigenvalue weighted by atomic mass is 32.1. The lowest BCUT2D eigenvalue weighted by Crippen LogP contribution is -2.55. The Morgan fingerprint density at radius 3 is 2.71 bits per heavy atom. The van der Waals surface area contributed by atoms with E-state index in [1.807, 2.05) is 19.1 Å². The minimum Gasteiger partial charge on any atom is -0.497 e. The van der Waals surface area contributed by atoms with Crippen LogP contribution in [-0.4, -0.2) is 77.2 Å². The van der Waals surface area contributed by atoms with Gasteiger partial charge in [-0.25, -0.2) is 4.98 Å². The van der Waals surface area contributed by atoms with Crippen LogP contribution in [0.2, 0.25) is 0 Å². The van der Waals surface area contributed by atoms with Gasteiger partial charge in [0.2, 0.25) is 6.23 Å². The van der Waals surface area contributed by atoms with Crippen molar-refractivity contribution in [1.82, 2.24) is 14.8 Å². The summed E-state index contributed by atoms with van der Waals surface area (Å²) in [5.74, 6) is 0.202. The zero-order valence-corrected chi connectivity index (χ0v) is 19.3. The standard InChI is InChI=1S/C22H26F3N5O3S/c1-12-8-13(14(10-26)11-27)9-15-17(12)18-16(2-7-33-15)34-19(28-18)20(31)29-3-5-30(6-4-29)21(32)22(23,24)25/h8-12,17,21,26,32H,2-7,27H2,1H3. The zero-order chi connectivity index (χ0) is 24.6. The van der Waals surface area contributed by atoms with Gasteiger partial charge in [0.1, 0.15) is 5.76 Å². The van der Waals surface area contributed by atoms with E-state index in [4.69, 9.17) is 15.9 Å². The Morgan fingerprint density at radius 2 is 2.09 bits per heavy atom. The molecule has 3 aliphatic rings. The molecule has 1 amide bonds. The third-order valence-electron chi connectivity index (χ3n) is 6.28.